The minimum absolute atomic E-state index is 0.0325. The van der Waals surface area contributed by atoms with E-state index in [9.17, 15) is 9.90 Å². The van der Waals surface area contributed by atoms with Crippen molar-refractivity contribution >= 4 is 17.2 Å². The zero-order valence-corrected chi connectivity index (χ0v) is 21.5. The molecule has 3 aromatic rings. The van der Waals surface area contributed by atoms with Gasteiger partial charge in [0.1, 0.15) is 16.5 Å². The Kier molecular flexibility index (Phi) is 8.80. The van der Waals surface area contributed by atoms with Gasteiger partial charge in [0.2, 0.25) is 5.91 Å². The lowest BCUT2D eigenvalue weighted by Gasteiger charge is -2.44. The molecule has 0 spiro atoms. The molecule has 1 aromatic heterocycles. The van der Waals surface area contributed by atoms with Gasteiger partial charge in [-0.3, -0.25) is 9.69 Å². The zero-order chi connectivity index (χ0) is 25.5. The van der Waals surface area contributed by atoms with Crippen LogP contribution >= 0.6 is 11.3 Å². The molecule has 0 bridgehead atoms. The van der Waals surface area contributed by atoms with E-state index in [4.69, 9.17) is 14.2 Å². The van der Waals surface area contributed by atoms with Crippen molar-refractivity contribution in [3.8, 4) is 11.5 Å². The SMILES string of the molecule is O=C(C[C@@H]1CC[C@@H]2[C@H](COC[C@@H](O)CN2Cc2nccs2)O1)NCc1ccc(Oc2ccccc2)cc1. The Balaban J connectivity index is 1.10. The number of carbonyl (C=O) groups is 1. The maximum absolute atomic E-state index is 12.7. The highest BCUT2D eigenvalue weighted by Gasteiger charge is 2.38. The highest BCUT2D eigenvalue weighted by atomic mass is 32.1. The van der Waals surface area contributed by atoms with Crippen LogP contribution in [0, 0.1) is 0 Å². The summed E-state index contributed by atoms with van der Waals surface area (Å²) in [5.74, 6) is 1.51. The number of aliphatic hydroxyl groups is 1. The van der Waals surface area contributed by atoms with Crippen molar-refractivity contribution < 1.29 is 24.1 Å². The topological polar surface area (TPSA) is 93.2 Å². The molecule has 0 radical (unpaired) electrons. The maximum atomic E-state index is 12.7. The molecule has 9 heteroatoms. The third kappa shape index (κ3) is 7.37. The molecule has 2 aromatic carbocycles. The molecule has 2 aliphatic rings. The van der Waals surface area contributed by atoms with Gasteiger partial charge in [0, 0.05) is 30.7 Å². The van der Waals surface area contributed by atoms with E-state index >= 15 is 0 Å². The molecule has 0 saturated carbocycles. The summed E-state index contributed by atoms with van der Waals surface area (Å²) in [4.78, 5) is 19.4. The molecule has 0 unspecified atom stereocenters. The predicted octanol–water partition coefficient (Wildman–Crippen LogP) is 3.75. The number of aliphatic hydroxyl groups excluding tert-OH is 1. The summed E-state index contributed by atoms with van der Waals surface area (Å²) in [5, 5.41) is 16.3. The minimum Gasteiger partial charge on any atom is -0.457 e. The molecule has 8 nitrogen and oxygen atoms in total. The van der Waals surface area contributed by atoms with E-state index < -0.39 is 6.10 Å². The standard InChI is InChI=1S/C28H33N3O5S/c32-21-16-31(17-28-29-12-13-37-28)25-11-10-24(36-26(25)19-34-18-21)14-27(33)30-15-20-6-8-23(9-7-20)35-22-4-2-1-3-5-22/h1-9,12-13,21,24-26,32H,10-11,14-19H2,(H,30,33)/t21-,24-,25+,26-/m0/s1. The normalized spacial score (nSPS) is 24.5. The van der Waals surface area contributed by atoms with Crippen LogP contribution < -0.4 is 10.1 Å². The fourth-order valence-corrected chi connectivity index (χ4v) is 5.55. The van der Waals surface area contributed by atoms with Gasteiger partial charge in [0.05, 0.1) is 44.5 Å². The molecule has 2 aliphatic heterocycles. The van der Waals surface area contributed by atoms with Crippen molar-refractivity contribution in [2.24, 2.45) is 0 Å². The van der Waals surface area contributed by atoms with Gasteiger partial charge in [-0.15, -0.1) is 11.3 Å². The smallest absolute Gasteiger partial charge is 0.222 e. The minimum atomic E-state index is -0.539. The molecule has 2 saturated heterocycles. The first-order chi connectivity index (χ1) is 18.1. The van der Waals surface area contributed by atoms with Gasteiger partial charge < -0.3 is 24.6 Å². The fourth-order valence-electron chi connectivity index (χ4n) is 4.91. The molecule has 196 valence electrons. The number of nitrogens with one attached hydrogen (secondary N) is 1. The van der Waals surface area contributed by atoms with E-state index in [-0.39, 0.29) is 30.8 Å². The second kappa shape index (κ2) is 12.6. The third-order valence-corrected chi connectivity index (χ3v) is 7.48. The number of fused-ring (bicyclic) bond motifs is 1. The zero-order valence-electron chi connectivity index (χ0n) is 20.7. The van der Waals surface area contributed by atoms with Crippen LogP contribution in [0.4, 0.5) is 0 Å². The lowest BCUT2D eigenvalue weighted by molar-refractivity contribution is -0.158. The van der Waals surface area contributed by atoms with E-state index in [0.29, 0.717) is 32.7 Å². The molecule has 3 heterocycles. The summed E-state index contributed by atoms with van der Waals surface area (Å²) in [6.45, 7) is 2.34. The number of thiazole rings is 1. The summed E-state index contributed by atoms with van der Waals surface area (Å²) < 4.78 is 17.9. The van der Waals surface area contributed by atoms with Crippen LogP contribution in [0.3, 0.4) is 0 Å². The van der Waals surface area contributed by atoms with Crippen LogP contribution in [-0.4, -0.2) is 65.0 Å². The van der Waals surface area contributed by atoms with Crippen LogP contribution in [0.25, 0.3) is 0 Å². The summed E-state index contributed by atoms with van der Waals surface area (Å²) in [6, 6.07) is 17.5. The largest absolute Gasteiger partial charge is 0.457 e. The number of β-amino-alcohol motifs (C(OH)–C–C–N with tert-alkyl or cyclic N) is 1. The second-order valence-electron chi connectivity index (χ2n) is 9.53. The molecule has 4 atom stereocenters. The number of rotatable bonds is 8. The Morgan fingerprint density at radius 2 is 1.92 bits per heavy atom. The van der Waals surface area contributed by atoms with Gasteiger partial charge in [0.15, 0.2) is 0 Å². The van der Waals surface area contributed by atoms with E-state index in [1.54, 1.807) is 17.5 Å². The quantitative estimate of drug-likeness (QED) is 0.465. The van der Waals surface area contributed by atoms with Gasteiger partial charge in [-0.05, 0) is 42.7 Å². The number of amides is 1. The highest BCUT2D eigenvalue weighted by molar-refractivity contribution is 7.09. The van der Waals surface area contributed by atoms with Crippen LogP contribution in [0.5, 0.6) is 11.5 Å². The van der Waals surface area contributed by atoms with Crippen LogP contribution in [-0.2, 0) is 27.4 Å². The highest BCUT2D eigenvalue weighted by Crippen LogP contribution is 2.29. The first-order valence-corrected chi connectivity index (χ1v) is 13.6. The molecule has 1 amide bonds. The first-order valence-electron chi connectivity index (χ1n) is 12.7. The summed E-state index contributed by atoms with van der Waals surface area (Å²) in [5.41, 5.74) is 1.00. The van der Waals surface area contributed by atoms with Gasteiger partial charge in [-0.25, -0.2) is 4.98 Å². The van der Waals surface area contributed by atoms with Crippen molar-refractivity contribution in [3.63, 3.8) is 0 Å². The van der Waals surface area contributed by atoms with Crippen molar-refractivity contribution in [1.82, 2.24) is 15.2 Å². The van der Waals surface area contributed by atoms with E-state index in [0.717, 1.165) is 34.9 Å². The average Bonchev–Trinajstić information content (AvgIpc) is 3.41. The van der Waals surface area contributed by atoms with Crippen molar-refractivity contribution in [2.45, 2.75) is 56.7 Å². The molecule has 37 heavy (non-hydrogen) atoms. The first kappa shape index (κ1) is 25.8. The summed E-state index contributed by atoms with van der Waals surface area (Å²) >= 11 is 1.62. The molecule has 2 N–H and O–H groups in total. The van der Waals surface area contributed by atoms with Crippen LogP contribution in [0.15, 0.2) is 66.2 Å². The summed E-state index contributed by atoms with van der Waals surface area (Å²) in [6.07, 6.45) is 2.95. The fraction of sp³-hybridized carbons (Fsp3) is 0.429. The van der Waals surface area contributed by atoms with Crippen LogP contribution in [0.1, 0.15) is 29.8 Å². The molecular weight excluding hydrogens is 490 g/mol. The molecular formula is C28H33N3O5S. The second-order valence-corrected chi connectivity index (χ2v) is 10.5. The Morgan fingerprint density at radius 3 is 2.70 bits per heavy atom. The Hall–Kier alpha value is -2.82. The number of nitrogens with zero attached hydrogens (tertiary/aromatic N) is 2. The number of ether oxygens (including phenoxy) is 3. The Labute approximate surface area is 221 Å². The maximum Gasteiger partial charge on any atom is 0.222 e. The number of hydrogen-bond donors (Lipinski definition) is 2. The van der Waals surface area contributed by atoms with E-state index in [1.807, 2.05) is 60.0 Å². The van der Waals surface area contributed by atoms with Crippen molar-refractivity contribution in [1.29, 1.82) is 0 Å². The number of carbonyl (C=O) groups excluding carboxylic acids is 1. The van der Waals surface area contributed by atoms with Gasteiger partial charge in [-0.2, -0.15) is 0 Å². The van der Waals surface area contributed by atoms with Gasteiger partial charge >= 0.3 is 0 Å². The number of benzene rings is 2. The molecule has 2 fully saturated rings. The third-order valence-electron chi connectivity index (χ3n) is 6.71. The molecule has 0 aliphatic carbocycles. The van der Waals surface area contributed by atoms with Crippen molar-refractivity contribution in [3.05, 3.63) is 76.7 Å². The Bertz CT molecular complexity index is 1110. The summed E-state index contributed by atoms with van der Waals surface area (Å²) in [7, 11) is 0. The Morgan fingerprint density at radius 1 is 1.11 bits per heavy atom. The van der Waals surface area contributed by atoms with Gasteiger partial charge in [0.25, 0.3) is 0 Å². The number of hydrogen-bond acceptors (Lipinski definition) is 8. The van der Waals surface area contributed by atoms with Crippen LogP contribution in [0.2, 0.25) is 0 Å². The lowest BCUT2D eigenvalue weighted by atomic mass is 9.94. The van der Waals surface area contributed by atoms with Crippen molar-refractivity contribution in [2.75, 3.05) is 19.8 Å². The van der Waals surface area contributed by atoms with E-state index in [1.165, 1.54) is 0 Å². The monoisotopic (exact) mass is 523 g/mol. The van der Waals surface area contributed by atoms with E-state index in [2.05, 4.69) is 15.2 Å². The lowest BCUT2D eigenvalue weighted by Crippen LogP contribution is -2.55. The number of aromatic nitrogens is 1. The number of para-hydroxylation sites is 1. The molecule has 5 rings (SSSR count). The predicted molar refractivity (Wildman–Crippen MR) is 140 cm³/mol. The average molecular weight is 524 g/mol. The van der Waals surface area contributed by atoms with Gasteiger partial charge in [-0.1, -0.05) is 30.3 Å².